The predicted molar refractivity (Wildman–Crippen MR) is 111 cm³/mol. The van der Waals surface area contributed by atoms with Gasteiger partial charge in [0, 0.05) is 44.3 Å². The van der Waals surface area contributed by atoms with E-state index < -0.39 is 0 Å². The fourth-order valence-corrected chi connectivity index (χ4v) is 3.27. The summed E-state index contributed by atoms with van der Waals surface area (Å²) in [6.07, 6.45) is 3.59. The van der Waals surface area contributed by atoms with Gasteiger partial charge in [0.05, 0.1) is 19.3 Å². The summed E-state index contributed by atoms with van der Waals surface area (Å²) < 4.78 is 5.24. The Bertz CT molecular complexity index is 879. The van der Waals surface area contributed by atoms with E-state index in [4.69, 9.17) is 4.74 Å². The minimum Gasteiger partial charge on any atom is -0.497 e. The second-order valence-electron chi connectivity index (χ2n) is 6.59. The molecule has 1 N–H and O–H groups in total. The highest BCUT2D eigenvalue weighted by Gasteiger charge is 2.18. The third kappa shape index (κ3) is 4.31. The Labute approximate surface area is 165 Å². The zero-order valence-corrected chi connectivity index (χ0v) is 16.0. The molecule has 3 aromatic rings. The zero-order chi connectivity index (χ0) is 19.2. The van der Waals surface area contributed by atoms with Crippen molar-refractivity contribution >= 4 is 17.5 Å². The third-order valence-electron chi connectivity index (χ3n) is 4.84. The van der Waals surface area contributed by atoms with Gasteiger partial charge in [-0.1, -0.05) is 6.07 Å². The molecule has 144 valence electrons. The summed E-state index contributed by atoms with van der Waals surface area (Å²) in [6.45, 7) is 4.35. The average molecular weight is 376 g/mol. The van der Waals surface area contributed by atoms with Crippen molar-refractivity contribution in [2.45, 2.75) is 6.54 Å². The summed E-state index contributed by atoms with van der Waals surface area (Å²) >= 11 is 0. The normalized spacial score (nSPS) is 14.0. The molecule has 0 unspecified atom stereocenters. The van der Waals surface area contributed by atoms with Crippen molar-refractivity contribution in [1.29, 1.82) is 0 Å². The lowest BCUT2D eigenvalue weighted by molar-refractivity contribution is 0.415. The molecule has 0 amide bonds. The number of nitrogens with one attached hydrogen (secondary N) is 1. The van der Waals surface area contributed by atoms with Crippen molar-refractivity contribution in [3.05, 3.63) is 66.6 Å². The first kappa shape index (κ1) is 18.0. The number of piperazine rings is 1. The van der Waals surface area contributed by atoms with E-state index in [2.05, 4.69) is 42.2 Å². The van der Waals surface area contributed by atoms with Gasteiger partial charge in [0.15, 0.2) is 0 Å². The van der Waals surface area contributed by atoms with Gasteiger partial charge in [-0.15, -0.1) is 0 Å². The van der Waals surface area contributed by atoms with Gasteiger partial charge in [-0.05, 0) is 42.5 Å². The second-order valence-corrected chi connectivity index (χ2v) is 6.59. The van der Waals surface area contributed by atoms with Crippen molar-refractivity contribution in [1.82, 2.24) is 15.0 Å². The van der Waals surface area contributed by atoms with Crippen molar-refractivity contribution in [3.8, 4) is 5.75 Å². The largest absolute Gasteiger partial charge is 0.497 e. The number of nitrogens with zero attached hydrogens (tertiary/aromatic N) is 5. The van der Waals surface area contributed by atoms with Crippen LogP contribution in [0.3, 0.4) is 0 Å². The summed E-state index contributed by atoms with van der Waals surface area (Å²) in [6, 6.07) is 16.1. The molecule has 1 saturated heterocycles. The topological polar surface area (TPSA) is 66.4 Å². The first-order valence-corrected chi connectivity index (χ1v) is 9.42. The molecule has 3 heterocycles. The van der Waals surface area contributed by atoms with E-state index in [1.807, 2.05) is 36.4 Å². The molecular formula is C21H24N6O. The maximum absolute atomic E-state index is 5.24. The molecule has 0 spiro atoms. The number of rotatable bonds is 6. The van der Waals surface area contributed by atoms with Crippen LogP contribution in [0.4, 0.5) is 17.5 Å². The molecule has 0 aliphatic carbocycles. The van der Waals surface area contributed by atoms with Crippen LogP contribution in [0.5, 0.6) is 5.75 Å². The van der Waals surface area contributed by atoms with Gasteiger partial charge in [-0.3, -0.25) is 4.98 Å². The Morgan fingerprint density at radius 1 is 0.893 bits per heavy atom. The van der Waals surface area contributed by atoms with Crippen LogP contribution >= 0.6 is 0 Å². The molecule has 7 nitrogen and oxygen atoms in total. The fraction of sp³-hybridized carbons (Fsp3) is 0.286. The average Bonchev–Trinajstić information content (AvgIpc) is 2.79. The van der Waals surface area contributed by atoms with E-state index in [-0.39, 0.29) is 0 Å². The Morgan fingerprint density at radius 3 is 2.39 bits per heavy atom. The Kier molecular flexibility index (Phi) is 5.51. The number of aromatic nitrogens is 3. The molecule has 1 fully saturated rings. The Morgan fingerprint density at radius 2 is 1.68 bits per heavy atom. The highest BCUT2D eigenvalue weighted by molar-refractivity contribution is 5.51. The summed E-state index contributed by atoms with van der Waals surface area (Å²) in [5.41, 5.74) is 2.19. The molecule has 1 aliphatic heterocycles. The molecule has 1 aromatic carbocycles. The third-order valence-corrected chi connectivity index (χ3v) is 4.84. The number of pyridine rings is 1. The van der Waals surface area contributed by atoms with E-state index >= 15 is 0 Å². The van der Waals surface area contributed by atoms with E-state index in [9.17, 15) is 0 Å². The second kappa shape index (κ2) is 8.56. The lowest BCUT2D eigenvalue weighted by Crippen LogP contribution is -2.46. The fourth-order valence-electron chi connectivity index (χ4n) is 3.27. The van der Waals surface area contributed by atoms with Crippen LogP contribution in [-0.2, 0) is 6.54 Å². The minimum atomic E-state index is 0.607. The summed E-state index contributed by atoms with van der Waals surface area (Å²) in [7, 11) is 1.69. The maximum atomic E-state index is 5.24. The van der Waals surface area contributed by atoms with Crippen LogP contribution < -0.4 is 19.9 Å². The first-order valence-electron chi connectivity index (χ1n) is 9.42. The molecule has 0 bridgehead atoms. The van der Waals surface area contributed by atoms with E-state index in [0.29, 0.717) is 12.5 Å². The summed E-state index contributed by atoms with van der Waals surface area (Å²) in [4.78, 5) is 18.0. The molecule has 0 saturated carbocycles. The van der Waals surface area contributed by atoms with Crippen molar-refractivity contribution in [3.63, 3.8) is 0 Å². The smallest absolute Gasteiger partial charge is 0.224 e. The lowest BCUT2D eigenvalue weighted by atomic mass is 10.2. The lowest BCUT2D eigenvalue weighted by Gasteiger charge is -2.36. The molecule has 2 aromatic heterocycles. The number of methoxy groups -OCH3 is 1. The highest BCUT2D eigenvalue weighted by Crippen LogP contribution is 2.22. The van der Waals surface area contributed by atoms with Gasteiger partial charge in [0.2, 0.25) is 5.95 Å². The van der Waals surface area contributed by atoms with Gasteiger partial charge in [-0.2, -0.15) is 4.98 Å². The summed E-state index contributed by atoms with van der Waals surface area (Å²) in [5.74, 6) is 2.46. The SMILES string of the molecule is COc1ccc(N2CCN(c3ccnc(NCc4ccccn4)n3)CC2)cc1. The van der Waals surface area contributed by atoms with Crippen molar-refractivity contribution in [2.75, 3.05) is 48.4 Å². The van der Waals surface area contributed by atoms with Crippen LogP contribution in [0.2, 0.25) is 0 Å². The van der Waals surface area contributed by atoms with Gasteiger partial charge in [0.1, 0.15) is 11.6 Å². The summed E-state index contributed by atoms with van der Waals surface area (Å²) in [5, 5.41) is 3.25. The van der Waals surface area contributed by atoms with Crippen LogP contribution in [0.1, 0.15) is 5.69 Å². The standard InChI is InChI=1S/C21H24N6O/c1-28-19-7-5-18(6-8-19)26-12-14-27(15-13-26)20-9-11-23-21(25-20)24-16-17-4-2-3-10-22-17/h2-11H,12-16H2,1H3,(H,23,24,25). The van der Waals surface area contributed by atoms with Crippen molar-refractivity contribution < 1.29 is 4.74 Å². The molecule has 0 radical (unpaired) electrons. The molecule has 28 heavy (non-hydrogen) atoms. The van der Waals surface area contributed by atoms with Crippen LogP contribution in [-0.4, -0.2) is 48.2 Å². The van der Waals surface area contributed by atoms with Crippen molar-refractivity contribution in [2.24, 2.45) is 0 Å². The first-order chi connectivity index (χ1) is 13.8. The van der Waals surface area contributed by atoms with Crippen LogP contribution in [0, 0.1) is 0 Å². The zero-order valence-electron chi connectivity index (χ0n) is 16.0. The Hall–Kier alpha value is -3.35. The number of anilines is 3. The number of hydrogen-bond acceptors (Lipinski definition) is 7. The van der Waals surface area contributed by atoms with Gasteiger partial charge in [0.25, 0.3) is 0 Å². The predicted octanol–water partition coefficient (Wildman–Crippen LogP) is 2.82. The molecular weight excluding hydrogens is 352 g/mol. The Balaban J connectivity index is 1.35. The monoisotopic (exact) mass is 376 g/mol. The van der Waals surface area contributed by atoms with Gasteiger partial charge < -0.3 is 19.9 Å². The van der Waals surface area contributed by atoms with Gasteiger partial charge in [-0.25, -0.2) is 4.98 Å². The van der Waals surface area contributed by atoms with E-state index in [1.165, 1.54) is 5.69 Å². The van der Waals surface area contributed by atoms with Gasteiger partial charge >= 0.3 is 0 Å². The molecule has 0 atom stereocenters. The van der Waals surface area contributed by atoms with Crippen LogP contribution in [0.15, 0.2) is 60.9 Å². The highest BCUT2D eigenvalue weighted by atomic mass is 16.5. The number of ether oxygens (including phenoxy) is 1. The molecule has 1 aliphatic rings. The quantitative estimate of drug-likeness (QED) is 0.709. The number of hydrogen-bond donors (Lipinski definition) is 1. The van der Waals surface area contributed by atoms with E-state index in [1.54, 1.807) is 19.5 Å². The molecule has 4 rings (SSSR count). The molecule has 7 heteroatoms. The van der Waals surface area contributed by atoms with E-state index in [0.717, 1.165) is 43.4 Å². The number of benzene rings is 1. The maximum Gasteiger partial charge on any atom is 0.224 e. The minimum absolute atomic E-state index is 0.607. The van der Waals surface area contributed by atoms with Crippen LogP contribution in [0.25, 0.3) is 0 Å².